The van der Waals surface area contributed by atoms with Gasteiger partial charge in [-0.2, -0.15) is 0 Å². The first kappa shape index (κ1) is 11.6. The molecule has 0 aliphatic rings. The van der Waals surface area contributed by atoms with E-state index in [-0.39, 0.29) is 6.04 Å². The highest BCUT2D eigenvalue weighted by atomic mass is 32.1. The molecule has 0 fully saturated rings. The van der Waals surface area contributed by atoms with Gasteiger partial charge in [-0.15, -0.1) is 11.3 Å². The summed E-state index contributed by atoms with van der Waals surface area (Å²) in [7, 11) is 2.02. The zero-order chi connectivity index (χ0) is 10.7. The fourth-order valence-electron chi connectivity index (χ4n) is 1.06. The molecule has 1 aromatic rings. The molecule has 1 unspecified atom stereocenters. The third-order valence-electron chi connectivity index (χ3n) is 2.31. The first-order valence-corrected chi connectivity index (χ1v) is 5.69. The van der Waals surface area contributed by atoms with Crippen molar-refractivity contribution in [2.45, 2.75) is 26.4 Å². The summed E-state index contributed by atoms with van der Waals surface area (Å²) in [5.74, 6) is 0. The highest BCUT2D eigenvalue weighted by Crippen LogP contribution is 2.15. The maximum atomic E-state index is 5.58. The molecule has 78 valence electrons. The molecule has 0 saturated carbocycles. The second-order valence-electron chi connectivity index (χ2n) is 3.35. The normalized spacial score (nSPS) is 13.1. The quantitative estimate of drug-likeness (QED) is 0.796. The summed E-state index contributed by atoms with van der Waals surface area (Å²) in [6.45, 7) is 4.89. The average molecular weight is 229 g/mol. The molecule has 1 rings (SSSR count). The van der Waals surface area contributed by atoms with E-state index in [2.05, 4.69) is 9.88 Å². The minimum Gasteiger partial charge on any atom is -0.392 e. The predicted molar refractivity (Wildman–Crippen MR) is 64.6 cm³/mol. The summed E-state index contributed by atoms with van der Waals surface area (Å²) >= 11 is 6.62. The highest BCUT2D eigenvalue weighted by molar-refractivity contribution is 7.80. The number of hydrogen-bond acceptors (Lipinski definition) is 4. The first-order valence-electron chi connectivity index (χ1n) is 4.41. The number of hydrogen-bond donors (Lipinski definition) is 1. The average Bonchev–Trinajstić information content (AvgIpc) is 2.50. The van der Waals surface area contributed by atoms with E-state index in [1.54, 1.807) is 11.3 Å². The van der Waals surface area contributed by atoms with Gasteiger partial charge in [-0.05, 0) is 20.9 Å². The SMILES string of the molecule is Cc1ncsc1CN(C)C(C)C(N)=S. The Morgan fingerprint density at radius 1 is 1.79 bits per heavy atom. The Balaban J connectivity index is 2.61. The van der Waals surface area contributed by atoms with E-state index in [0.717, 1.165) is 12.2 Å². The number of nitrogens with zero attached hydrogens (tertiary/aromatic N) is 2. The van der Waals surface area contributed by atoms with Crippen molar-refractivity contribution in [2.24, 2.45) is 5.73 Å². The minimum absolute atomic E-state index is 0.131. The molecule has 0 saturated heterocycles. The van der Waals surface area contributed by atoms with Gasteiger partial charge in [-0.3, -0.25) is 4.90 Å². The molecule has 0 amide bonds. The minimum atomic E-state index is 0.131. The van der Waals surface area contributed by atoms with Crippen LogP contribution in [0.2, 0.25) is 0 Å². The van der Waals surface area contributed by atoms with E-state index in [4.69, 9.17) is 18.0 Å². The zero-order valence-electron chi connectivity index (χ0n) is 8.65. The molecule has 0 aromatic carbocycles. The van der Waals surface area contributed by atoms with Gasteiger partial charge in [-0.25, -0.2) is 4.98 Å². The maximum absolute atomic E-state index is 5.58. The van der Waals surface area contributed by atoms with Crippen molar-refractivity contribution in [3.8, 4) is 0 Å². The molecule has 0 spiro atoms. The topological polar surface area (TPSA) is 42.2 Å². The van der Waals surface area contributed by atoms with Gasteiger partial charge in [-0.1, -0.05) is 12.2 Å². The Hall–Kier alpha value is -0.520. The Morgan fingerprint density at radius 2 is 2.43 bits per heavy atom. The van der Waals surface area contributed by atoms with Crippen molar-refractivity contribution >= 4 is 28.5 Å². The predicted octanol–water partition coefficient (Wildman–Crippen LogP) is 1.56. The van der Waals surface area contributed by atoms with Crippen molar-refractivity contribution < 1.29 is 0 Å². The van der Waals surface area contributed by atoms with Crippen molar-refractivity contribution in [1.82, 2.24) is 9.88 Å². The smallest absolute Gasteiger partial charge is 0.0899 e. The van der Waals surface area contributed by atoms with Crippen LogP contribution in [0.25, 0.3) is 0 Å². The van der Waals surface area contributed by atoms with Crippen LogP contribution < -0.4 is 5.73 Å². The van der Waals surface area contributed by atoms with E-state index in [1.807, 2.05) is 26.4 Å². The molecule has 5 heteroatoms. The van der Waals surface area contributed by atoms with Gasteiger partial charge < -0.3 is 5.73 Å². The van der Waals surface area contributed by atoms with Crippen LogP contribution in [0, 0.1) is 6.92 Å². The Bertz CT molecular complexity index is 322. The molecular formula is C9H15N3S2. The van der Waals surface area contributed by atoms with Gasteiger partial charge in [0.2, 0.25) is 0 Å². The van der Waals surface area contributed by atoms with Gasteiger partial charge in [0.25, 0.3) is 0 Å². The lowest BCUT2D eigenvalue weighted by Crippen LogP contribution is -2.38. The zero-order valence-corrected chi connectivity index (χ0v) is 10.3. The molecule has 0 bridgehead atoms. The van der Waals surface area contributed by atoms with Crippen molar-refractivity contribution in [2.75, 3.05) is 7.05 Å². The van der Waals surface area contributed by atoms with E-state index in [9.17, 15) is 0 Å². The number of nitrogens with two attached hydrogens (primary N) is 1. The molecule has 1 heterocycles. The summed E-state index contributed by atoms with van der Waals surface area (Å²) < 4.78 is 0. The summed E-state index contributed by atoms with van der Waals surface area (Å²) in [6.07, 6.45) is 0. The van der Waals surface area contributed by atoms with Gasteiger partial charge >= 0.3 is 0 Å². The summed E-state index contributed by atoms with van der Waals surface area (Å²) in [6, 6.07) is 0.131. The van der Waals surface area contributed by atoms with Crippen LogP contribution in [0.3, 0.4) is 0 Å². The summed E-state index contributed by atoms with van der Waals surface area (Å²) in [5, 5.41) is 0. The lowest BCUT2D eigenvalue weighted by molar-refractivity contribution is 0.306. The largest absolute Gasteiger partial charge is 0.392 e. The fraction of sp³-hybridized carbons (Fsp3) is 0.556. The molecule has 0 radical (unpaired) electrons. The van der Waals surface area contributed by atoms with Gasteiger partial charge in [0.05, 0.1) is 22.2 Å². The van der Waals surface area contributed by atoms with Crippen LogP contribution in [0.1, 0.15) is 17.5 Å². The summed E-state index contributed by atoms with van der Waals surface area (Å²) in [5.41, 5.74) is 8.54. The van der Waals surface area contributed by atoms with Crippen molar-refractivity contribution in [1.29, 1.82) is 0 Å². The van der Waals surface area contributed by atoms with E-state index >= 15 is 0 Å². The van der Waals surface area contributed by atoms with Crippen molar-refractivity contribution in [3.63, 3.8) is 0 Å². The molecule has 1 atom stereocenters. The third-order valence-corrected chi connectivity index (χ3v) is 3.57. The molecule has 0 aliphatic carbocycles. The number of likely N-dealkylation sites (N-methyl/N-ethyl adjacent to an activating group) is 1. The Morgan fingerprint density at radius 3 is 2.86 bits per heavy atom. The van der Waals surface area contributed by atoms with Crippen LogP contribution in [-0.4, -0.2) is 28.0 Å². The van der Waals surface area contributed by atoms with Crippen molar-refractivity contribution in [3.05, 3.63) is 16.1 Å². The molecule has 14 heavy (non-hydrogen) atoms. The second-order valence-corrected chi connectivity index (χ2v) is 4.77. The standard InChI is InChI=1S/C9H15N3S2/c1-6-8(14-5-11-6)4-12(3)7(2)9(10)13/h5,7H,4H2,1-3H3,(H2,10,13). The van der Waals surface area contributed by atoms with Gasteiger partial charge in [0.1, 0.15) is 0 Å². The number of aryl methyl sites for hydroxylation is 1. The molecule has 3 nitrogen and oxygen atoms in total. The van der Waals surface area contributed by atoms with Gasteiger partial charge in [0, 0.05) is 11.4 Å². The lowest BCUT2D eigenvalue weighted by atomic mass is 10.3. The van der Waals surface area contributed by atoms with E-state index in [0.29, 0.717) is 4.99 Å². The molecule has 2 N–H and O–H groups in total. The molecule has 0 aliphatic heterocycles. The molecular weight excluding hydrogens is 214 g/mol. The maximum Gasteiger partial charge on any atom is 0.0899 e. The second kappa shape index (κ2) is 4.82. The van der Waals surface area contributed by atoms with Gasteiger partial charge in [0.15, 0.2) is 0 Å². The summed E-state index contributed by atoms with van der Waals surface area (Å²) in [4.78, 5) is 8.14. The van der Waals surface area contributed by atoms with Crippen LogP contribution >= 0.6 is 23.6 Å². The number of thiocarbonyl (C=S) groups is 1. The van der Waals surface area contributed by atoms with Crippen LogP contribution in [0.5, 0.6) is 0 Å². The Kier molecular flexibility index (Phi) is 3.97. The fourth-order valence-corrected chi connectivity index (χ4v) is 2.08. The van der Waals surface area contributed by atoms with E-state index < -0.39 is 0 Å². The molecule has 1 aromatic heterocycles. The van der Waals surface area contributed by atoms with Crippen LogP contribution in [0.4, 0.5) is 0 Å². The van der Waals surface area contributed by atoms with Crippen LogP contribution in [0.15, 0.2) is 5.51 Å². The van der Waals surface area contributed by atoms with E-state index in [1.165, 1.54) is 4.88 Å². The Labute approximate surface area is 93.9 Å². The highest BCUT2D eigenvalue weighted by Gasteiger charge is 2.13. The number of thiazole rings is 1. The lowest BCUT2D eigenvalue weighted by Gasteiger charge is -2.22. The third kappa shape index (κ3) is 2.73. The number of aromatic nitrogens is 1. The first-order chi connectivity index (χ1) is 6.52. The number of rotatable bonds is 4. The monoisotopic (exact) mass is 229 g/mol. The van der Waals surface area contributed by atoms with Crippen LogP contribution in [-0.2, 0) is 6.54 Å².